The van der Waals surface area contributed by atoms with Crippen molar-refractivity contribution < 1.29 is 14.3 Å². The Morgan fingerprint density at radius 2 is 2.05 bits per heavy atom. The van der Waals surface area contributed by atoms with Gasteiger partial charge < -0.3 is 10.1 Å². The fourth-order valence-electron chi connectivity index (χ4n) is 1.74. The number of rotatable bonds is 8. The van der Waals surface area contributed by atoms with Crippen LogP contribution in [0, 0.1) is 0 Å². The van der Waals surface area contributed by atoms with E-state index in [-0.39, 0.29) is 11.9 Å². The van der Waals surface area contributed by atoms with Crippen LogP contribution in [0.15, 0.2) is 28.7 Å². The van der Waals surface area contributed by atoms with Crippen LogP contribution in [-0.4, -0.2) is 25.0 Å². The normalized spacial score (nSPS) is 10.1. The summed E-state index contributed by atoms with van der Waals surface area (Å²) < 4.78 is 5.73. The summed E-state index contributed by atoms with van der Waals surface area (Å²) in [4.78, 5) is 22.9. The van der Waals surface area contributed by atoms with E-state index in [4.69, 9.17) is 4.74 Å². The van der Waals surface area contributed by atoms with Crippen LogP contribution in [0.2, 0.25) is 0 Å². The molecule has 5 heteroatoms. The number of nitrogens with one attached hydrogen (secondary N) is 1. The Morgan fingerprint density at radius 1 is 1.25 bits per heavy atom. The van der Waals surface area contributed by atoms with E-state index in [9.17, 15) is 9.59 Å². The van der Waals surface area contributed by atoms with Gasteiger partial charge in [0.2, 0.25) is 0 Å². The Balaban J connectivity index is 2.12. The summed E-state index contributed by atoms with van der Waals surface area (Å²) in [7, 11) is 0. The van der Waals surface area contributed by atoms with Gasteiger partial charge in [0, 0.05) is 23.0 Å². The van der Waals surface area contributed by atoms with Crippen LogP contribution in [-0.2, 0) is 9.53 Å². The molecule has 0 heterocycles. The summed E-state index contributed by atoms with van der Waals surface area (Å²) in [5.41, 5.74) is 0.644. The van der Waals surface area contributed by atoms with Crippen molar-refractivity contribution in [3.05, 3.63) is 34.3 Å². The van der Waals surface area contributed by atoms with Gasteiger partial charge in [-0.3, -0.25) is 9.59 Å². The summed E-state index contributed by atoms with van der Waals surface area (Å²) in [6.07, 6.45) is 3.01. The Bertz CT molecular complexity index is 448. The lowest BCUT2D eigenvalue weighted by Gasteiger charge is -2.05. The average molecular weight is 342 g/mol. The van der Waals surface area contributed by atoms with Crippen molar-refractivity contribution in [2.45, 2.75) is 32.6 Å². The third-order valence-corrected chi connectivity index (χ3v) is 3.23. The number of carbonyl (C=O) groups is 2. The van der Waals surface area contributed by atoms with Gasteiger partial charge >= 0.3 is 5.97 Å². The molecule has 0 spiro atoms. The number of esters is 1. The molecule has 0 unspecified atom stereocenters. The van der Waals surface area contributed by atoms with Crippen LogP contribution < -0.4 is 5.32 Å². The maximum Gasteiger partial charge on any atom is 0.305 e. The van der Waals surface area contributed by atoms with Gasteiger partial charge in [-0.05, 0) is 38.0 Å². The van der Waals surface area contributed by atoms with Gasteiger partial charge in [0.15, 0.2) is 0 Å². The smallest absolute Gasteiger partial charge is 0.305 e. The molecule has 0 bridgehead atoms. The van der Waals surface area contributed by atoms with E-state index in [0.717, 1.165) is 23.7 Å². The number of ether oxygens (including phenoxy) is 1. The van der Waals surface area contributed by atoms with Crippen molar-refractivity contribution in [2.75, 3.05) is 13.2 Å². The van der Waals surface area contributed by atoms with E-state index in [1.807, 2.05) is 12.1 Å². The first-order valence-electron chi connectivity index (χ1n) is 6.83. The number of halogens is 1. The summed E-state index contributed by atoms with van der Waals surface area (Å²) in [6.45, 7) is 2.85. The predicted octanol–water partition coefficient (Wildman–Crippen LogP) is 3.30. The van der Waals surface area contributed by atoms with Crippen molar-refractivity contribution in [3.63, 3.8) is 0 Å². The van der Waals surface area contributed by atoms with E-state index in [1.165, 1.54) is 0 Å². The molecule has 1 N–H and O–H groups in total. The summed E-state index contributed by atoms with van der Waals surface area (Å²) in [5.74, 6) is -0.220. The second kappa shape index (κ2) is 9.53. The lowest BCUT2D eigenvalue weighted by atomic mass is 10.2. The molecule has 110 valence electrons. The topological polar surface area (TPSA) is 55.4 Å². The average Bonchev–Trinajstić information content (AvgIpc) is 2.42. The molecule has 0 aromatic heterocycles. The Kier molecular flexibility index (Phi) is 7.95. The number of amides is 1. The fraction of sp³-hybridized carbons (Fsp3) is 0.467. The van der Waals surface area contributed by atoms with Crippen LogP contribution in [0.4, 0.5) is 0 Å². The second-order valence-corrected chi connectivity index (χ2v) is 5.30. The van der Waals surface area contributed by atoms with E-state index >= 15 is 0 Å². The first kappa shape index (κ1) is 16.7. The molecule has 1 aromatic carbocycles. The van der Waals surface area contributed by atoms with Crippen LogP contribution in [0.3, 0.4) is 0 Å². The number of hydrogen-bond acceptors (Lipinski definition) is 3. The minimum Gasteiger partial charge on any atom is -0.466 e. The van der Waals surface area contributed by atoms with Crippen LogP contribution in [0.5, 0.6) is 0 Å². The summed E-state index contributed by atoms with van der Waals surface area (Å²) >= 11 is 3.34. The molecule has 0 aliphatic rings. The molecule has 0 atom stereocenters. The van der Waals surface area contributed by atoms with Crippen molar-refractivity contribution >= 4 is 27.8 Å². The van der Waals surface area contributed by atoms with Gasteiger partial charge in [-0.1, -0.05) is 28.4 Å². The highest BCUT2D eigenvalue weighted by Gasteiger charge is 2.05. The van der Waals surface area contributed by atoms with Crippen LogP contribution in [0.25, 0.3) is 0 Å². The maximum absolute atomic E-state index is 11.8. The molecule has 4 nitrogen and oxygen atoms in total. The minimum atomic E-state index is -0.148. The standard InChI is InChI=1S/C15H20BrNO3/c1-2-20-14(18)9-4-3-5-10-17-15(19)12-7-6-8-13(16)11-12/h6-8,11H,2-5,9-10H2,1H3,(H,17,19). The zero-order valence-electron chi connectivity index (χ0n) is 11.7. The highest BCUT2D eigenvalue weighted by atomic mass is 79.9. The molecule has 0 aliphatic carbocycles. The van der Waals surface area contributed by atoms with E-state index in [2.05, 4.69) is 21.2 Å². The quantitative estimate of drug-likeness (QED) is 0.583. The second-order valence-electron chi connectivity index (χ2n) is 4.38. The van der Waals surface area contributed by atoms with Gasteiger partial charge in [-0.25, -0.2) is 0 Å². The first-order chi connectivity index (χ1) is 9.63. The molecular formula is C15H20BrNO3. The number of carbonyl (C=O) groups excluding carboxylic acids is 2. The number of benzene rings is 1. The van der Waals surface area contributed by atoms with Crippen molar-refractivity contribution in [1.82, 2.24) is 5.32 Å². The molecule has 1 rings (SSSR count). The van der Waals surface area contributed by atoms with E-state index < -0.39 is 0 Å². The van der Waals surface area contributed by atoms with Gasteiger partial charge in [-0.15, -0.1) is 0 Å². The highest BCUT2D eigenvalue weighted by molar-refractivity contribution is 9.10. The van der Waals surface area contributed by atoms with Gasteiger partial charge in [-0.2, -0.15) is 0 Å². The molecule has 1 aromatic rings. The predicted molar refractivity (Wildman–Crippen MR) is 81.6 cm³/mol. The van der Waals surface area contributed by atoms with Crippen LogP contribution >= 0.6 is 15.9 Å². The lowest BCUT2D eigenvalue weighted by Crippen LogP contribution is -2.24. The molecule has 1 amide bonds. The third kappa shape index (κ3) is 6.70. The third-order valence-electron chi connectivity index (χ3n) is 2.74. The maximum atomic E-state index is 11.8. The largest absolute Gasteiger partial charge is 0.466 e. The molecule has 0 fully saturated rings. The lowest BCUT2D eigenvalue weighted by molar-refractivity contribution is -0.143. The number of unbranched alkanes of at least 4 members (excludes halogenated alkanes) is 2. The molecular weight excluding hydrogens is 322 g/mol. The van der Waals surface area contributed by atoms with Gasteiger partial charge in [0.25, 0.3) is 5.91 Å². The molecule has 20 heavy (non-hydrogen) atoms. The minimum absolute atomic E-state index is 0.0725. The molecule has 0 saturated carbocycles. The first-order valence-corrected chi connectivity index (χ1v) is 7.62. The Morgan fingerprint density at radius 3 is 2.75 bits per heavy atom. The van der Waals surface area contributed by atoms with Gasteiger partial charge in [0.05, 0.1) is 6.61 Å². The molecule has 0 saturated heterocycles. The fourth-order valence-corrected chi connectivity index (χ4v) is 2.14. The molecule has 0 aliphatic heterocycles. The summed E-state index contributed by atoms with van der Waals surface area (Å²) in [6, 6.07) is 7.28. The van der Waals surface area contributed by atoms with Crippen molar-refractivity contribution in [2.24, 2.45) is 0 Å². The van der Waals surface area contributed by atoms with Gasteiger partial charge in [0.1, 0.15) is 0 Å². The zero-order chi connectivity index (χ0) is 14.8. The highest BCUT2D eigenvalue weighted by Crippen LogP contribution is 2.11. The number of hydrogen-bond donors (Lipinski definition) is 1. The summed E-state index contributed by atoms with van der Waals surface area (Å²) in [5, 5.41) is 2.86. The monoisotopic (exact) mass is 341 g/mol. The van der Waals surface area contributed by atoms with E-state index in [1.54, 1.807) is 19.1 Å². The molecule has 0 radical (unpaired) electrons. The Labute approximate surface area is 128 Å². The Hall–Kier alpha value is -1.36. The van der Waals surface area contributed by atoms with E-state index in [0.29, 0.717) is 25.1 Å². The zero-order valence-corrected chi connectivity index (χ0v) is 13.2. The van der Waals surface area contributed by atoms with Crippen LogP contribution in [0.1, 0.15) is 43.0 Å². The SMILES string of the molecule is CCOC(=O)CCCCCNC(=O)c1cccc(Br)c1. The van der Waals surface area contributed by atoms with Crippen molar-refractivity contribution in [3.8, 4) is 0 Å². The van der Waals surface area contributed by atoms with Crippen molar-refractivity contribution in [1.29, 1.82) is 0 Å².